The van der Waals surface area contributed by atoms with E-state index in [4.69, 9.17) is 0 Å². The minimum absolute atomic E-state index is 0.173. The molecule has 0 aliphatic rings. The highest BCUT2D eigenvalue weighted by molar-refractivity contribution is 9.10. The van der Waals surface area contributed by atoms with Crippen LogP contribution in [0.3, 0.4) is 0 Å². The van der Waals surface area contributed by atoms with Gasteiger partial charge in [0, 0.05) is 29.5 Å². The van der Waals surface area contributed by atoms with Gasteiger partial charge < -0.3 is 10.2 Å². The molecule has 0 aliphatic carbocycles. The molecular formula is C29H33BrFN3O4S. The van der Waals surface area contributed by atoms with E-state index in [0.29, 0.717) is 18.7 Å². The van der Waals surface area contributed by atoms with Crippen LogP contribution in [0.1, 0.15) is 30.0 Å². The maximum atomic E-state index is 14.8. The van der Waals surface area contributed by atoms with E-state index in [1.807, 2.05) is 44.2 Å². The third-order valence-corrected chi connectivity index (χ3v) is 8.26. The van der Waals surface area contributed by atoms with E-state index in [9.17, 15) is 22.4 Å². The molecule has 0 heterocycles. The quantitative estimate of drug-likeness (QED) is 0.315. The van der Waals surface area contributed by atoms with Crippen molar-refractivity contribution in [3.63, 3.8) is 0 Å². The van der Waals surface area contributed by atoms with Gasteiger partial charge in [-0.15, -0.1) is 0 Å². The second-order valence-corrected chi connectivity index (χ2v) is 12.1. The molecule has 2 amide bonds. The molecule has 0 saturated heterocycles. The molecule has 208 valence electrons. The van der Waals surface area contributed by atoms with Crippen LogP contribution in [0.5, 0.6) is 0 Å². The lowest BCUT2D eigenvalue weighted by atomic mass is 10.0. The Morgan fingerprint density at radius 2 is 1.69 bits per heavy atom. The zero-order valence-electron chi connectivity index (χ0n) is 22.2. The number of halogens is 2. The Morgan fingerprint density at radius 3 is 2.31 bits per heavy atom. The Kier molecular flexibility index (Phi) is 10.7. The molecule has 0 aromatic heterocycles. The van der Waals surface area contributed by atoms with E-state index in [2.05, 4.69) is 21.2 Å². The van der Waals surface area contributed by atoms with Crippen LogP contribution in [-0.4, -0.2) is 50.5 Å². The van der Waals surface area contributed by atoms with Gasteiger partial charge in [-0.25, -0.2) is 12.8 Å². The number of nitrogens with one attached hydrogen (secondary N) is 1. The number of anilines is 1. The molecule has 0 spiro atoms. The molecule has 0 saturated carbocycles. The molecule has 3 rings (SSSR count). The Morgan fingerprint density at radius 1 is 1.03 bits per heavy atom. The molecule has 0 fully saturated rings. The van der Waals surface area contributed by atoms with Gasteiger partial charge in [-0.2, -0.15) is 0 Å². The normalized spacial score (nSPS) is 12.0. The summed E-state index contributed by atoms with van der Waals surface area (Å²) in [6.45, 7) is 3.37. The first-order valence-corrected chi connectivity index (χ1v) is 15.2. The number of sulfonamides is 1. The minimum atomic E-state index is -3.88. The number of nitrogens with zero attached hydrogens (tertiary/aromatic N) is 2. The first-order chi connectivity index (χ1) is 18.5. The standard InChI is InChI=1S/C29H33BrFN3O4S/c1-4-16-32-29(36)27(18-22-10-6-5-7-11-22)33(19-23-12-8-9-13-26(23)31)28(35)20-34(39(3,37)38)24-14-15-25(30)21(2)17-24/h5-15,17,27H,4,16,18-20H2,1-3H3,(H,32,36)/t27-/m1/s1. The fraction of sp³-hybridized carbons (Fsp3) is 0.310. The van der Waals surface area contributed by atoms with Gasteiger partial charge in [0.2, 0.25) is 21.8 Å². The highest BCUT2D eigenvalue weighted by Gasteiger charge is 2.33. The van der Waals surface area contributed by atoms with Crippen molar-refractivity contribution in [1.29, 1.82) is 0 Å². The van der Waals surface area contributed by atoms with Crippen molar-refractivity contribution < 1.29 is 22.4 Å². The Balaban J connectivity index is 2.06. The predicted octanol–water partition coefficient (Wildman–Crippen LogP) is 4.83. The molecule has 3 aromatic carbocycles. The van der Waals surface area contributed by atoms with Crippen LogP contribution < -0.4 is 9.62 Å². The van der Waals surface area contributed by atoms with Crippen LogP contribution >= 0.6 is 15.9 Å². The third kappa shape index (κ3) is 8.37. The summed E-state index contributed by atoms with van der Waals surface area (Å²) in [6, 6.07) is 19.2. The molecule has 1 atom stereocenters. The van der Waals surface area contributed by atoms with Gasteiger partial charge in [0.1, 0.15) is 18.4 Å². The largest absolute Gasteiger partial charge is 0.354 e. The summed E-state index contributed by atoms with van der Waals surface area (Å²) in [5.41, 5.74) is 2.13. The van der Waals surface area contributed by atoms with Crippen LogP contribution in [0.4, 0.5) is 10.1 Å². The van der Waals surface area contributed by atoms with Crippen LogP contribution in [0.25, 0.3) is 0 Å². The second-order valence-electron chi connectivity index (χ2n) is 9.31. The van der Waals surface area contributed by atoms with Crippen molar-refractivity contribution in [1.82, 2.24) is 10.2 Å². The van der Waals surface area contributed by atoms with E-state index in [-0.39, 0.29) is 18.5 Å². The van der Waals surface area contributed by atoms with Crippen LogP contribution in [0.2, 0.25) is 0 Å². The van der Waals surface area contributed by atoms with Crippen molar-refractivity contribution >= 4 is 43.5 Å². The van der Waals surface area contributed by atoms with Crippen molar-refractivity contribution in [2.75, 3.05) is 23.7 Å². The van der Waals surface area contributed by atoms with Crippen molar-refractivity contribution in [2.24, 2.45) is 0 Å². The fourth-order valence-electron chi connectivity index (χ4n) is 4.13. The molecule has 3 aromatic rings. The summed E-state index contributed by atoms with van der Waals surface area (Å²) in [4.78, 5) is 28.7. The van der Waals surface area contributed by atoms with Gasteiger partial charge >= 0.3 is 0 Å². The first-order valence-electron chi connectivity index (χ1n) is 12.6. The van der Waals surface area contributed by atoms with E-state index in [0.717, 1.165) is 26.2 Å². The average Bonchev–Trinajstić information content (AvgIpc) is 2.90. The number of rotatable bonds is 12. The summed E-state index contributed by atoms with van der Waals surface area (Å²) in [6.07, 6.45) is 1.89. The molecule has 39 heavy (non-hydrogen) atoms. The Bertz CT molecular complexity index is 1400. The maximum Gasteiger partial charge on any atom is 0.244 e. The highest BCUT2D eigenvalue weighted by Crippen LogP contribution is 2.25. The minimum Gasteiger partial charge on any atom is -0.354 e. The number of benzene rings is 3. The first kappa shape index (κ1) is 30.3. The molecule has 0 bridgehead atoms. The lowest BCUT2D eigenvalue weighted by Gasteiger charge is -2.33. The molecule has 0 radical (unpaired) electrons. The zero-order valence-corrected chi connectivity index (χ0v) is 24.6. The number of aryl methyl sites for hydroxylation is 1. The maximum absolute atomic E-state index is 14.8. The summed E-state index contributed by atoms with van der Waals surface area (Å²) < 4.78 is 42.2. The molecular weight excluding hydrogens is 585 g/mol. The summed E-state index contributed by atoms with van der Waals surface area (Å²) in [5.74, 6) is -1.54. The molecule has 0 aliphatic heterocycles. The van der Waals surface area contributed by atoms with Crippen LogP contribution in [0.15, 0.2) is 77.3 Å². The van der Waals surface area contributed by atoms with Crippen LogP contribution in [-0.2, 0) is 32.6 Å². The number of hydrogen-bond acceptors (Lipinski definition) is 4. The Labute approximate surface area is 238 Å². The van der Waals surface area contributed by atoms with Gasteiger partial charge in [-0.1, -0.05) is 71.4 Å². The average molecular weight is 619 g/mol. The third-order valence-electron chi connectivity index (χ3n) is 6.23. The van der Waals surface area contributed by atoms with E-state index < -0.39 is 40.2 Å². The summed E-state index contributed by atoms with van der Waals surface area (Å²) >= 11 is 3.41. The number of carbonyl (C=O) groups excluding carboxylic acids is 2. The van der Waals surface area contributed by atoms with Gasteiger partial charge in [-0.05, 0) is 48.7 Å². The van der Waals surface area contributed by atoms with Gasteiger partial charge in [0.25, 0.3) is 0 Å². The molecule has 10 heteroatoms. The SMILES string of the molecule is CCCNC(=O)[C@@H](Cc1ccccc1)N(Cc1ccccc1F)C(=O)CN(c1ccc(Br)c(C)c1)S(C)(=O)=O. The lowest BCUT2D eigenvalue weighted by Crippen LogP contribution is -2.53. The number of hydrogen-bond donors (Lipinski definition) is 1. The number of carbonyl (C=O) groups is 2. The summed E-state index contributed by atoms with van der Waals surface area (Å²) in [7, 11) is -3.88. The van der Waals surface area contributed by atoms with Crippen LogP contribution in [0, 0.1) is 12.7 Å². The second kappa shape index (κ2) is 13.7. The van der Waals surface area contributed by atoms with E-state index in [1.54, 1.807) is 36.4 Å². The predicted molar refractivity (Wildman–Crippen MR) is 155 cm³/mol. The van der Waals surface area contributed by atoms with Gasteiger partial charge in [0.15, 0.2) is 0 Å². The van der Waals surface area contributed by atoms with Gasteiger partial charge in [-0.3, -0.25) is 13.9 Å². The van der Waals surface area contributed by atoms with Crippen molar-refractivity contribution in [3.05, 3.63) is 99.8 Å². The van der Waals surface area contributed by atoms with E-state index >= 15 is 0 Å². The van der Waals surface area contributed by atoms with Gasteiger partial charge in [0.05, 0.1) is 11.9 Å². The lowest BCUT2D eigenvalue weighted by molar-refractivity contribution is -0.140. The molecule has 1 N–H and O–H groups in total. The number of amides is 2. The summed E-state index contributed by atoms with van der Waals surface area (Å²) in [5, 5.41) is 2.85. The highest BCUT2D eigenvalue weighted by atomic mass is 79.9. The monoisotopic (exact) mass is 617 g/mol. The Hall–Kier alpha value is -3.24. The smallest absolute Gasteiger partial charge is 0.244 e. The van der Waals surface area contributed by atoms with Crippen molar-refractivity contribution in [2.45, 2.75) is 39.3 Å². The van der Waals surface area contributed by atoms with E-state index in [1.165, 1.54) is 11.0 Å². The molecule has 7 nitrogen and oxygen atoms in total. The molecule has 0 unspecified atom stereocenters. The van der Waals surface area contributed by atoms with Crippen molar-refractivity contribution in [3.8, 4) is 0 Å². The topological polar surface area (TPSA) is 86.8 Å². The zero-order chi connectivity index (χ0) is 28.6. The fourth-order valence-corrected chi connectivity index (χ4v) is 5.22.